The summed E-state index contributed by atoms with van der Waals surface area (Å²) in [4.78, 5) is 25.4. The van der Waals surface area contributed by atoms with Crippen LogP contribution in [0, 0.1) is 15.9 Å². The molecule has 0 radical (unpaired) electrons. The highest BCUT2D eigenvalue weighted by atomic mass is 79.9. The van der Waals surface area contributed by atoms with Crippen molar-refractivity contribution in [3.63, 3.8) is 0 Å². The predicted octanol–water partition coefficient (Wildman–Crippen LogP) is 4.74. The highest BCUT2D eigenvalue weighted by molar-refractivity contribution is 9.10. The maximum Gasteiger partial charge on any atom is 0.256 e. The average molecular weight is 556 g/mol. The van der Waals surface area contributed by atoms with Gasteiger partial charge in [-0.2, -0.15) is 0 Å². The van der Waals surface area contributed by atoms with Crippen molar-refractivity contribution in [1.82, 2.24) is 5.32 Å². The van der Waals surface area contributed by atoms with Gasteiger partial charge in [0.2, 0.25) is 0 Å². The second-order valence-corrected chi connectivity index (χ2v) is 9.77. The number of rotatable bonds is 6. The number of carbonyl (C=O) groups is 1. The average Bonchev–Trinajstić information content (AvgIpc) is 3.32. The molecule has 3 aromatic carbocycles. The van der Waals surface area contributed by atoms with Crippen LogP contribution in [-0.4, -0.2) is 30.0 Å². The van der Waals surface area contributed by atoms with Gasteiger partial charge in [0, 0.05) is 27.8 Å². The quantitative estimate of drug-likeness (QED) is 0.336. The molecule has 186 valence electrons. The molecule has 0 unspecified atom stereocenters. The first-order chi connectivity index (χ1) is 17.3. The SMILES string of the molecule is COc1cc([C@@H]2[C@H](C)N[C@]3(C(=O)Nc4ccccc43)[C@@H]2[N+](=O)[O-])cc(Br)c1OCc1ccccc1F. The van der Waals surface area contributed by atoms with Crippen molar-refractivity contribution in [2.45, 2.75) is 37.1 Å². The Morgan fingerprint density at radius 3 is 2.61 bits per heavy atom. The second-order valence-electron chi connectivity index (χ2n) is 8.91. The smallest absolute Gasteiger partial charge is 0.256 e. The molecule has 1 fully saturated rings. The third-order valence-corrected chi connectivity index (χ3v) is 7.52. The van der Waals surface area contributed by atoms with Crippen LogP contribution in [0.5, 0.6) is 11.5 Å². The van der Waals surface area contributed by atoms with E-state index in [2.05, 4.69) is 26.6 Å². The maximum absolute atomic E-state index is 14.1. The van der Waals surface area contributed by atoms with Crippen LogP contribution in [0.3, 0.4) is 0 Å². The molecule has 0 bridgehead atoms. The van der Waals surface area contributed by atoms with E-state index < -0.39 is 29.4 Å². The first-order valence-electron chi connectivity index (χ1n) is 11.3. The fourth-order valence-electron chi connectivity index (χ4n) is 5.39. The first kappa shape index (κ1) is 24.2. The van der Waals surface area contributed by atoms with Crippen molar-refractivity contribution in [3.05, 3.63) is 97.8 Å². The van der Waals surface area contributed by atoms with Gasteiger partial charge in [0.05, 0.1) is 17.5 Å². The Hall–Kier alpha value is -3.50. The third-order valence-electron chi connectivity index (χ3n) is 6.93. The van der Waals surface area contributed by atoms with E-state index >= 15 is 0 Å². The fraction of sp³-hybridized carbons (Fsp3) is 0.269. The van der Waals surface area contributed by atoms with Gasteiger partial charge in [-0.05, 0) is 52.7 Å². The van der Waals surface area contributed by atoms with E-state index in [1.165, 1.54) is 13.2 Å². The summed E-state index contributed by atoms with van der Waals surface area (Å²) >= 11 is 3.50. The number of halogens is 2. The minimum Gasteiger partial charge on any atom is -0.493 e. The number of carbonyl (C=O) groups excluding carboxylic acids is 1. The maximum atomic E-state index is 14.1. The lowest BCUT2D eigenvalue weighted by atomic mass is 9.78. The van der Waals surface area contributed by atoms with Crippen LogP contribution in [0.4, 0.5) is 10.1 Å². The minimum atomic E-state index is -1.51. The Morgan fingerprint density at radius 1 is 1.17 bits per heavy atom. The molecular formula is C26H23BrFN3O5. The number of hydrogen-bond donors (Lipinski definition) is 2. The topological polar surface area (TPSA) is 103 Å². The predicted molar refractivity (Wildman–Crippen MR) is 134 cm³/mol. The van der Waals surface area contributed by atoms with Gasteiger partial charge in [0.15, 0.2) is 17.0 Å². The highest BCUT2D eigenvalue weighted by Gasteiger charge is 2.67. The summed E-state index contributed by atoms with van der Waals surface area (Å²) in [5.41, 5.74) is 0.592. The number of anilines is 1. The van der Waals surface area contributed by atoms with Crippen molar-refractivity contribution < 1.29 is 23.6 Å². The van der Waals surface area contributed by atoms with Gasteiger partial charge in [-0.3, -0.25) is 20.2 Å². The van der Waals surface area contributed by atoms with E-state index in [-0.39, 0.29) is 17.3 Å². The molecule has 0 aliphatic carbocycles. The summed E-state index contributed by atoms with van der Waals surface area (Å²) in [5.74, 6) is -0.815. The Kier molecular flexibility index (Phi) is 6.17. The first-order valence-corrected chi connectivity index (χ1v) is 12.1. The van der Waals surface area contributed by atoms with Crippen molar-refractivity contribution in [2.24, 2.45) is 0 Å². The molecule has 2 aliphatic heterocycles. The number of hydrogen-bond acceptors (Lipinski definition) is 6. The number of ether oxygens (including phenoxy) is 2. The molecular weight excluding hydrogens is 533 g/mol. The van der Waals surface area contributed by atoms with E-state index in [1.807, 2.05) is 6.92 Å². The largest absolute Gasteiger partial charge is 0.493 e. The summed E-state index contributed by atoms with van der Waals surface area (Å²) in [6.45, 7) is 1.80. The monoisotopic (exact) mass is 555 g/mol. The molecule has 2 heterocycles. The molecule has 4 atom stereocenters. The van der Waals surface area contributed by atoms with Gasteiger partial charge >= 0.3 is 0 Å². The molecule has 0 aromatic heterocycles. The van der Waals surface area contributed by atoms with Gasteiger partial charge in [0.1, 0.15) is 12.4 Å². The lowest BCUT2D eigenvalue weighted by Gasteiger charge is -2.25. The molecule has 1 amide bonds. The zero-order chi connectivity index (χ0) is 25.6. The number of benzene rings is 3. The summed E-state index contributed by atoms with van der Waals surface area (Å²) < 4.78 is 26.0. The lowest BCUT2D eigenvalue weighted by Crippen LogP contribution is -2.54. The number of nitrogens with one attached hydrogen (secondary N) is 2. The summed E-state index contributed by atoms with van der Waals surface area (Å²) in [6, 6.07) is 15.0. The van der Waals surface area contributed by atoms with Crippen LogP contribution in [0.25, 0.3) is 0 Å². The summed E-state index contributed by atoms with van der Waals surface area (Å²) in [7, 11) is 1.46. The Bertz CT molecular complexity index is 1370. The summed E-state index contributed by atoms with van der Waals surface area (Å²) in [5, 5.41) is 18.6. The number of nitro groups is 1. The molecule has 36 heavy (non-hydrogen) atoms. The number of fused-ring (bicyclic) bond motifs is 2. The molecule has 1 spiro atoms. The standard InChI is InChI=1S/C26H23BrFN3O5/c1-14-22(24(31(33)34)26(30-14)17-8-4-6-10-20(17)29-25(26)32)16-11-18(27)23(21(12-16)35-2)36-13-15-7-3-5-9-19(15)28/h3-12,14,22,24,30H,13H2,1-2H3,(H,29,32)/t14-,22-,24+,26-/m0/s1. The Labute approximate surface area is 215 Å². The van der Waals surface area contributed by atoms with E-state index in [4.69, 9.17) is 9.47 Å². The molecule has 2 aliphatic rings. The van der Waals surface area contributed by atoms with E-state index in [0.717, 1.165) is 0 Å². The Morgan fingerprint density at radius 2 is 1.89 bits per heavy atom. The van der Waals surface area contributed by atoms with Crippen LogP contribution in [0.15, 0.2) is 65.1 Å². The van der Waals surface area contributed by atoms with Gasteiger partial charge < -0.3 is 14.8 Å². The van der Waals surface area contributed by atoms with Gasteiger partial charge in [-0.25, -0.2) is 4.39 Å². The van der Waals surface area contributed by atoms with Crippen LogP contribution >= 0.6 is 15.9 Å². The summed E-state index contributed by atoms with van der Waals surface area (Å²) in [6.07, 6.45) is 0. The molecule has 1 saturated heterocycles. The third kappa shape index (κ3) is 3.72. The van der Waals surface area contributed by atoms with E-state index in [9.17, 15) is 19.3 Å². The number of methoxy groups -OCH3 is 1. The lowest BCUT2D eigenvalue weighted by molar-refractivity contribution is -0.532. The molecule has 10 heteroatoms. The van der Waals surface area contributed by atoms with Crippen molar-refractivity contribution in [1.29, 1.82) is 0 Å². The van der Waals surface area contributed by atoms with Crippen molar-refractivity contribution >= 4 is 27.5 Å². The van der Waals surface area contributed by atoms with Crippen molar-refractivity contribution in [3.8, 4) is 11.5 Å². The minimum absolute atomic E-state index is 0.0278. The molecule has 3 aromatic rings. The normalized spacial score (nSPS) is 24.4. The number of nitrogens with zero attached hydrogens (tertiary/aromatic N) is 1. The van der Waals surface area contributed by atoms with Crippen LogP contribution < -0.4 is 20.1 Å². The molecule has 2 N–H and O–H groups in total. The number of amides is 1. The fourth-order valence-corrected chi connectivity index (χ4v) is 5.97. The van der Waals surface area contributed by atoms with E-state index in [0.29, 0.717) is 38.3 Å². The van der Waals surface area contributed by atoms with E-state index in [1.54, 1.807) is 54.6 Å². The number of para-hydroxylation sites is 1. The highest BCUT2D eigenvalue weighted by Crippen LogP contribution is 2.51. The Balaban J connectivity index is 1.54. The molecule has 5 rings (SSSR count). The molecule has 8 nitrogen and oxygen atoms in total. The van der Waals surface area contributed by atoms with Gasteiger partial charge in [-0.1, -0.05) is 36.4 Å². The van der Waals surface area contributed by atoms with Crippen LogP contribution in [0.1, 0.15) is 29.5 Å². The van der Waals surface area contributed by atoms with Gasteiger partial charge in [0.25, 0.3) is 11.9 Å². The van der Waals surface area contributed by atoms with Gasteiger partial charge in [-0.15, -0.1) is 0 Å². The zero-order valence-electron chi connectivity index (χ0n) is 19.5. The zero-order valence-corrected chi connectivity index (χ0v) is 21.0. The van der Waals surface area contributed by atoms with Crippen LogP contribution in [-0.2, 0) is 16.9 Å². The van der Waals surface area contributed by atoms with Crippen LogP contribution in [0.2, 0.25) is 0 Å². The second kappa shape index (κ2) is 9.18. The molecule has 0 saturated carbocycles. The van der Waals surface area contributed by atoms with Crippen molar-refractivity contribution in [2.75, 3.05) is 12.4 Å².